The highest BCUT2D eigenvalue weighted by Gasteiger charge is 2.04. The molecule has 2 aromatic rings. The quantitative estimate of drug-likeness (QED) is 0.832. The van der Waals surface area contributed by atoms with Crippen LogP contribution in [-0.4, -0.2) is 15.4 Å². The normalized spacial score (nSPS) is 10.5. The lowest BCUT2D eigenvalue weighted by molar-refractivity contribution is 0.650. The zero-order chi connectivity index (χ0) is 14.4. The van der Waals surface area contributed by atoms with Crippen molar-refractivity contribution < 1.29 is 0 Å². The van der Waals surface area contributed by atoms with Crippen molar-refractivity contribution in [3.8, 4) is 0 Å². The van der Waals surface area contributed by atoms with Crippen LogP contribution in [0.1, 0.15) is 18.9 Å². The molecule has 0 radical (unpaired) electrons. The lowest BCUT2D eigenvalue weighted by atomic mass is 10.1. The summed E-state index contributed by atoms with van der Waals surface area (Å²) in [5.74, 6) is 0.959. The first-order valence-electron chi connectivity index (χ1n) is 6.72. The molecule has 0 aliphatic carbocycles. The summed E-state index contributed by atoms with van der Waals surface area (Å²) in [6, 6.07) is 7.86. The van der Waals surface area contributed by atoms with Crippen LogP contribution in [0.25, 0.3) is 0 Å². The van der Waals surface area contributed by atoms with E-state index in [9.17, 15) is 4.79 Å². The van der Waals surface area contributed by atoms with Crippen molar-refractivity contribution in [1.29, 1.82) is 0 Å². The van der Waals surface area contributed by atoms with Gasteiger partial charge in [-0.2, -0.15) is 0 Å². The molecule has 0 atom stereocenters. The van der Waals surface area contributed by atoms with Crippen LogP contribution in [0.2, 0.25) is 0 Å². The van der Waals surface area contributed by atoms with Crippen LogP contribution in [0, 0.1) is 0 Å². The number of hydrogen-bond donors (Lipinski definition) is 1. The predicted octanol–water partition coefficient (Wildman–Crippen LogP) is 3.18. The van der Waals surface area contributed by atoms with Gasteiger partial charge in [0.1, 0.15) is 0 Å². The first kappa shape index (κ1) is 14.6. The molecule has 0 aliphatic heterocycles. The smallest absolute Gasteiger partial charge is 0.293 e. The predicted molar refractivity (Wildman–Crippen MR) is 82.9 cm³/mol. The molecule has 0 bridgehead atoms. The molecular weight excluding hydrogens is 274 g/mol. The van der Waals surface area contributed by atoms with E-state index in [0.717, 1.165) is 18.5 Å². The van der Waals surface area contributed by atoms with Crippen molar-refractivity contribution in [1.82, 2.24) is 9.55 Å². The van der Waals surface area contributed by atoms with Gasteiger partial charge in [0.15, 0.2) is 5.82 Å². The van der Waals surface area contributed by atoms with Crippen molar-refractivity contribution >= 4 is 23.1 Å². The van der Waals surface area contributed by atoms with Crippen LogP contribution in [0.3, 0.4) is 0 Å². The summed E-state index contributed by atoms with van der Waals surface area (Å²) in [5.41, 5.74) is 1.93. The standard InChI is InChI=1S/C15H18ClN3O/c1-2-10-19-11-9-17-14(15(19)20)18-13-5-3-12(4-6-13)7-8-16/h3-6,9,11H,2,7-8,10H2,1H3,(H,17,18). The Bertz CT molecular complexity index is 607. The maximum atomic E-state index is 12.2. The van der Waals surface area contributed by atoms with Crippen LogP contribution in [0.15, 0.2) is 41.5 Å². The molecule has 5 heteroatoms. The number of aromatic nitrogens is 2. The average Bonchev–Trinajstić information content (AvgIpc) is 2.46. The SMILES string of the molecule is CCCn1ccnc(Nc2ccc(CCCl)cc2)c1=O. The Labute approximate surface area is 123 Å². The Hall–Kier alpha value is -1.81. The maximum Gasteiger partial charge on any atom is 0.293 e. The third kappa shape index (κ3) is 3.61. The van der Waals surface area contributed by atoms with Gasteiger partial charge >= 0.3 is 0 Å². The van der Waals surface area contributed by atoms with Gasteiger partial charge in [0.2, 0.25) is 0 Å². The Morgan fingerprint density at radius 1 is 1.30 bits per heavy atom. The fourth-order valence-electron chi connectivity index (χ4n) is 1.95. The van der Waals surface area contributed by atoms with E-state index in [2.05, 4.69) is 10.3 Å². The van der Waals surface area contributed by atoms with E-state index in [1.807, 2.05) is 31.2 Å². The van der Waals surface area contributed by atoms with E-state index in [1.54, 1.807) is 17.0 Å². The van der Waals surface area contributed by atoms with Crippen LogP contribution < -0.4 is 10.9 Å². The number of aryl methyl sites for hydroxylation is 2. The second-order valence-electron chi connectivity index (χ2n) is 4.54. The number of hydrogen-bond acceptors (Lipinski definition) is 3. The Balaban J connectivity index is 2.17. The topological polar surface area (TPSA) is 46.9 Å². The van der Waals surface area contributed by atoms with Gasteiger partial charge in [-0.05, 0) is 30.5 Å². The minimum atomic E-state index is -0.0980. The van der Waals surface area contributed by atoms with Crippen molar-refractivity contribution in [2.45, 2.75) is 26.3 Å². The van der Waals surface area contributed by atoms with Gasteiger partial charge < -0.3 is 9.88 Å². The summed E-state index contributed by atoms with van der Waals surface area (Å²) in [5, 5.41) is 3.06. The summed E-state index contributed by atoms with van der Waals surface area (Å²) < 4.78 is 1.66. The number of benzene rings is 1. The second-order valence-corrected chi connectivity index (χ2v) is 4.91. The number of rotatable bonds is 6. The van der Waals surface area contributed by atoms with E-state index in [1.165, 1.54) is 5.56 Å². The molecule has 0 aliphatic rings. The fraction of sp³-hybridized carbons (Fsp3) is 0.333. The molecule has 0 unspecified atom stereocenters. The van der Waals surface area contributed by atoms with Crippen LogP contribution in [0.4, 0.5) is 11.5 Å². The van der Waals surface area contributed by atoms with E-state index in [4.69, 9.17) is 11.6 Å². The van der Waals surface area contributed by atoms with Crippen molar-refractivity contribution in [3.63, 3.8) is 0 Å². The van der Waals surface area contributed by atoms with Gasteiger partial charge in [-0.25, -0.2) is 4.98 Å². The molecular formula is C15H18ClN3O. The summed E-state index contributed by atoms with van der Waals surface area (Å²) in [4.78, 5) is 16.3. The van der Waals surface area contributed by atoms with Crippen LogP contribution in [0.5, 0.6) is 0 Å². The van der Waals surface area contributed by atoms with Gasteiger partial charge in [-0.1, -0.05) is 19.1 Å². The monoisotopic (exact) mass is 291 g/mol. The molecule has 0 saturated carbocycles. The molecule has 0 amide bonds. The molecule has 0 spiro atoms. The first-order valence-corrected chi connectivity index (χ1v) is 7.25. The zero-order valence-electron chi connectivity index (χ0n) is 11.5. The van der Waals surface area contributed by atoms with E-state index >= 15 is 0 Å². The molecule has 1 aromatic carbocycles. The Morgan fingerprint density at radius 3 is 2.70 bits per heavy atom. The largest absolute Gasteiger partial charge is 0.336 e. The number of anilines is 2. The average molecular weight is 292 g/mol. The third-order valence-corrected chi connectivity index (χ3v) is 3.17. The molecule has 1 N–H and O–H groups in total. The van der Waals surface area contributed by atoms with Crippen molar-refractivity contribution in [3.05, 3.63) is 52.6 Å². The van der Waals surface area contributed by atoms with Crippen LogP contribution >= 0.6 is 11.6 Å². The molecule has 1 heterocycles. The maximum absolute atomic E-state index is 12.2. The third-order valence-electron chi connectivity index (χ3n) is 2.98. The fourth-order valence-corrected chi connectivity index (χ4v) is 2.17. The van der Waals surface area contributed by atoms with E-state index in [-0.39, 0.29) is 5.56 Å². The Morgan fingerprint density at radius 2 is 2.05 bits per heavy atom. The molecule has 4 nitrogen and oxygen atoms in total. The van der Waals surface area contributed by atoms with Crippen molar-refractivity contribution in [2.24, 2.45) is 0 Å². The molecule has 2 rings (SSSR count). The van der Waals surface area contributed by atoms with Gasteiger partial charge in [0, 0.05) is 30.5 Å². The number of nitrogens with one attached hydrogen (secondary N) is 1. The highest BCUT2D eigenvalue weighted by molar-refractivity contribution is 6.17. The summed E-state index contributed by atoms with van der Waals surface area (Å²) in [7, 11) is 0. The summed E-state index contributed by atoms with van der Waals surface area (Å²) in [6.07, 6.45) is 5.10. The first-order chi connectivity index (χ1) is 9.74. The molecule has 106 valence electrons. The zero-order valence-corrected chi connectivity index (χ0v) is 12.2. The van der Waals surface area contributed by atoms with Crippen LogP contribution in [-0.2, 0) is 13.0 Å². The van der Waals surface area contributed by atoms with Gasteiger partial charge in [-0.3, -0.25) is 4.79 Å². The van der Waals surface area contributed by atoms with Gasteiger partial charge in [0.05, 0.1) is 0 Å². The molecule has 1 aromatic heterocycles. The molecule has 0 fully saturated rings. The van der Waals surface area contributed by atoms with Gasteiger partial charge in [0.25, 0.3) is 5.56 Å². The highest BCUT2D eigenvalue weighted by Crippen LogP contribution is 2.13. The summed E-state index contributed by atoms with van der Waals surface area (Å²) in [6.45, 7) is 2.74. The minimum absolute atomic E-state index is 0.0980. The Kier molecular flexibility index (Phi) is 5.18. The van der Waals surface area contributed by atoms with E-state index in [0.29, 0.717) is 18.2 Å². The lowest BCUT2D eigenvalue weighted by Gasteiger charge is -2.08. The number of halogens is 1. The van der Waals surface area contributed by atoms with Gasteiger partial charge in [-0.15, -0.1) is 11.6 Å². The second kappa shape index (κ2) is 7.10. The molecule has 0 saturated heterocycles. The molecule has 20 heavy (non-hydrogen) atoms. The summed E-state index contributed by atoms with van der Waals surface area (Å²) >= 11 is 5.70. The van der Waals surface area contributed by atoms with Crippen molar-refractivity contribution in [2.75, 3.05) is 11.2 Å². The number of alkyl halides is 1. The highest BCUT2D eigenvalue weighted by atomic mass is 35.5. The van der Waals surface area contributed by atoms with E-state index < -0.39 is 0 Å². The minimum Gasteiger partial charge on any atom is -0.336 e. The number of nitrogens with zero attached hydrogens (tertiary/aromatic N) is 2. The lowest BCUT2D eigenvalue weighted by Crippen LogP contribution is -2.23.